The first kappa shape index (κ1) is 12.4. The van der Waals surface area contributed by atoms with E-state index in [-0.39, 0.29) is 10.8 Å². The summed E-state index contributed by atoms with van der Waals surface area (Å²) >= 11 is 5.73. The van der Waals surface area contributed by atoms with E-state index in [9.17, 15) is 9.59 Å². The summed E-state index contributed by atoms with van der Waals surface area (Å²) in [5, 5.41) is -0.0386. The highest BCUT2D eigenvalue weighted by atomic mass is 35.5. The number of carbonyl (C=O) groups excluding carboxylic acids is 2. The minimum Gasteiger partial charge on any atom is -0.468 e. The van der Waals surface area contributed by atoms with Gasteiger partial charge in [0.2, 0.25) is 0 Å². The monoisotopic (exact) mass is 244 g/mol. The summed E-state index contributed by atoms with van der Waals surface area (Å²) in [4.78, 5) is 30.4. The molecule has 1 rings (SSSR count). The first-order chi connectivity index (χ1) is 7.61. The second-order valence-electron chi connectivity index (χ2n) is 2.71. The highest BCUT2D eigenvalue weighted by molar-refractivity contribution is 6.30. The summed E-state index contributed by atoms with van der Waals surface area (Å²) in [5.41, 5.74) is 0.0165. The van der Waals surface area contributed by atoms with E-state index in [1.807, 2.05) is 0 Å². The van der Waals surface area contributed by atoms with E-state index in [0.29, 0.717) is 0 Å². The number of aromatic nitrogens is 2. The molecule has 1 heterocycles. The van der Waals surface area contributed by atoms with Crippen molar-refractivity contribution in [1.82, 2.24) is 9.97 Å². The number of hydrogen-bond acceptors (Lipinski definition) is 6. The van der Waals surface area contributed by atoms with E-state index >= 15 is 0 Å². The van der Waals surface area contributed by atoms with Crippen molar-refractivity contribution < 1.29 is 19.1 Å². The van der Waals surface area contributed by atoms with Crippen LogP contribution in [0.3, 0.4) is 0 Å². The molecule has 0 aliphatic rings. The maximum atomic E-state index is 11.4. The standard InChI is InChI=1S/C9H9ClN2O4/c1-15-8(13)5(9(14)16-2)6-7(10)12-4-3-11-6/h3-5H,1-2H3. The SMILES string of the molecule is COC(=O)C(C(=O)OC)c1nccnc1Cl. The molecular formula is C9H9ClN2O4. The lowest BCUT2D eigenvalue weighted by molar-refractivity contribution is -0.154. The van der Waals surface area contributed by atoms with Crippen LogP contribution >= 0.6 is 11.6 Å². The molecule has 0 aliphatic carbocycles. The predicted octanol–water partition coefficient (Wildman–Crippen LogP) is 0.560. The van der Waals surface area contributed by atoms with Crippen LogP contribution in [0.5, 0.6) is 0 Å². The Morgan fingerprint density at radius 2 is 1.69 bits per heavy atom. The number of methoxy groups -OCH3 is 2. The average molecular weight is 245 g/mol. The summed E-state index contributed by atoms with van der Waals surface area (Å²) in [6.45, 7) is 0. The number of hydrogen-bond donors (Lipinski definition) is 0. The van der Waals surface area contributed by atoms with Gasteiger partial charge in [0, 0.05) is 12.4 Å². The molecule has 0 N–H and O–H groups in total. The van der Waals surface area contributed by atoms with E-state index in [4.69, 9.17) is 11.6 Å². The Labute approximate surface area is 96.5 Å². The Balaban J connectivity index is 3.16. The van der Waals surface area contributed by atoms with Gasteiger partial charge < -0.3 is 9.47 Å². The summed E-state index contributed by atoms with van der Waals surface area (Å²) in [7, 11) is 2.31. The third kappa shape index (κ3) is 2.46. The van der Waals surface area contributed by atoms with Crippen LogP contribution in [-0.2, 0) is 19.1 Å². The molecular weight excluding hydrogens is 236 g/mol. The van der Waals surface area contributed by atoms with Gasteiger partial charge in [-0.25, -0.2) is 4.98 Å². The molecule has 16 heavy (non-hydrogen) atoms. The van der Waals surface area contributed by atoms with Crippen LogP contribution in [0.4, 0.5) is 0 Å². The second kappa shape index (κ2) is 5.41. The quantitative estimate of drug-likeness (QED) is 0.571. The van der Waals surface area contributed by atoms with Crippen molar-refractivity contribution in [2.45, 2.75) is 5.92 Å². The molecule has 6 nitrogen and oxygen atoms in total. The number of ether oxygens (including phenoxy) is 2. The number of nitrogens with zero attached hydrogens (tertiary/aromatic N) is 2. The lowest BCUT2D eigenvalue weighted by Crippen LogP contribution is -2.25. The zero-order chi connectivity index (χ0) is 12.1. The third-order valence-corrected chi connectivity index (χ3v) is 2.12. The Hall–Kier alpha value is -1.69. The molecule has 0 unspecified atom stereocenters. The van der Waals surface area contributed by atoms with Crippen LogP contribution < -0.4 is 0 Å². The van der Waals surface area contributed by atoms with Crippen LogP contribution in [0.15, 0.2) is 12.4 Å². The van der Waals surface area contributed by atoms with Crippen LogP contribution in [0.2, 0.25) is 5.15 Å². The van der Waals surface area contributed by atoms with Gasteiger partial charge in [0.1, 0.15) is 5.69 Å². The van der Waals surface area contributed by atoms with Crippen LogP contribution in [0.25, 0.3) is 0 Å². The second-order valence-corrected chi connectivity index (χ2v) is 3.07. The normalized spacial score (nSPS) is 10.0. The Morgan fingerprint density at radius 3 is 2.12 bits per heavy atom. The topological polar surface area (TPSA) is 78.4 Å². The van der Waals surface area contributed by atoms with Gasteiger partial charge in [0.25, 0.3) is 0 Å². The largest absolute Gasteiger partial charge is 0.468 e. The molecule has 0 saturated heterocycles. The van der Waals surface area contributed by atoms with Gasteiger partial charge in [0.05, 0.1) is 14.2 Å². The van der Waals surface area contributed by atoms with Crippen molar-refractivity contribution in [3.05, 3.63) is 23.2 Å². The first-order valence-electron chi connectivity index (χ1n) is 4.23. The van der Waals surface area contributed by atoms with E-state index in [1.165, 1.54) is 12.4 Å². The predicted molar refractivity (Wildman–Crippen MR) is 53.8 cm³/mol. The molecule has 1 aromatic rings. The lowest BCUT2D eigenvalue weighted by Gasteiger charge is -2.11. The van der Waals surface area contributed by atoms with Crippen molar-refractivity contribution in [2.75, 3.05) is 14.2 Å². The van der Waals surface area contributed by atoms with Crippen molar-refractivity contribution in [2.24, 2.45) is 0 Å². The lowest BCUT2D eigenvalue weighted by atomic mass is 10.1. The number of carbonyl (C=O) groups is 2. The fourth-order valence-corrected chi connectivity index (χ4v) is 1.29. The van der Waals surface area contributed by atoms with Crippen molar-refractivity contribution in [1.29, 1.82) is 0 Å². The minimum absolute atomic E-state index is 0.0165. The third-order valence-electron chi connectivity index (χ3n) is 1.83. The molecule has 0 spiro atoms. The zero-order valence-electron chi connectivity index (χ0n) is 8.64. The highest BCUT2D eigenvalue weighted by Crippen LogP contribution is 2.22. The molecule has 0 amide bonds. The van der Waals surface area contributed by atoms with E-state index in [2.05, 4.69) is 19.4 Å². The average Bonchev–Trinajstić information content (AvgIpc) is 2.31. The fourth-order valence-electron chi connectivity index (χ4n) is 1.08. The number of rotatable bonds is 3. The molecule has 0 saturated carbocycles. The Morgan fingerprint density at radius 1 is 1.19 bits per heavy atom. The summed E-state index contributed by atoms with van der Waals surface area (Å²) in [6.07, 6.45) is 2.66. The maximum Gasteiger partial charge on any atom is 0.326 e. The maximum absolute atomic E-state index is 11.4. The molecule has 0 radical (unpaired) electrons. The Bertz CT molecular complexity index is 394. The van der Waals surface area contributed by atoms with Crippen LogP contribution in [-0.4, -0.2) is 36.1 Å². The number of halogens is 1. The molecule has 0 bridgehead atoms. The fraction of sp³-hybridized carbons (Fsp3) is 0.333. The van der Waals surface area contributed by atoms with E-state index < -0.39 is 17.9 Å². The number of esters is 2. The molecule has 7 heteroatoms. The Kier molecular flexibility index (Phi) is 4.19. The van der Waals surface area contributed by atoms with Gasteiger partial charge in [0.15, 0.2) is 11.1 Å². The molecule has 0 aromatic carbocycles. The van der Waals surface area contributed by atoms with Crippen molar-refractivity contribution in [3.8, 4) is 0 Å². The van der Waals surface area contributed by atoms with Crippen LogP contribution in [0.1, 0.15) is 11.6 Å². The van der Waals surface area contributed by atoms with Gasteiger partial charge in [-0.3, -0.25) is 14.6 Å². The first-order valence-corrected chi connectivity index (χ1v) is 4.61. The molecule has 86 valence electrons. The van der Waals surface area contributed by atoms with Gasteiger partial charge in [-0.15, -0.1) is 0 Å². The molecule has 0 aliphatic heterocycles. The molecule has 0 atom stereocenters. The molecule has 1 aromatic heterocycles. The highest BCUT2D eigenvalue weighted by Gasteiger charge is 2.34. The van der Waals surface area contributed by atoms with Crippen molar-refractivity contribution >= 4 is 23.5 Å². The summed E-state index contributed by atoms with van der Waals surface area (Å²) < 4.78 is 8.96. The molecule has 0 fully saturated rings. The minimum atomic E-state index is -1.31. The van der Waals surface area contributed by atoms with Crippen molar-refractivity contribution in [3.63, 3.8) is 0 Å². The summed E-state index contributed by atoms with van der Waals surface area (Å²) in [5.74, 6) is -2.90. The van der Waals surface area contributed by atoms with Gasteiger partial charge >= 0.3 is 11.9 Å². The van der Waals surface area contributed by atoms with Gasteiger partial charge in [-0.1, -0.05) is 11.6 Å². The van der Waals surface area contributed by atoms with Gasteiger partial charge in [-0.05, 0) is 0 Å². The van der Waals surface area contributed by atoms with Gasteiger partial charge in [-0.2, -0.15) is 0 Å². The smallest absolute Gasteiger partial charge is 0.326 e. The summed E-state index contributed by atoms with van der Waals surface area (Å²) in [6, 6.07) is 0. The van der Waals surface area contributed by atoms with E-state index in [0.717, 1.165) is 14.2 Å². The van der Waals surface area contributed by atoms with Crippen LogP contribution in [0, 0.1) is 0 Å². The van der Waals surface area contributed by atoms with E-state index in [1.54, 1.807) is 0 Å². The zero-order valence-corrected chi connectivity index (χ0v) is 9.39.